The van der Waals surface area contributed by atoms with E-state index in [1.54, 1.807) is 6.07 Å². The molecule has 1 aromatic carbocycles. The number of rotatable bonds is 7. The van der Waals surface area contributed by atoms with E-state index in [0.717, 1.165) is 10.1 Å². The van der Waals surface area contributed by atoms with Crippen LogP contribution in [-0.2, 0) is 14.3 Å². The molecule has 0 saturated carbocycles. The number of amides is 4. The predicted octanol–water partition coefficient (Wildman–Crippen LogP) is 2.31. The number of ether oxygens (including phenoxy) is 1. The van der Waals surface area contributed by atoms with E-state index in [1.807, 2.05) is 37.4 Å². The van der Waals surface area contributed by atoms with Crippen molar-refractivity contribution in [2.24, 2.45) is 5.92 Å². The molecule has 0 bridgehead atoms. The minimum atomic E-state index is -0.816. The summed E-state index contributed by atoms with van der Waals surface area (Å²) < 4.78 is 5.58. The monoisotopic (exact) mass is 425 g/mol. The maximum atomic E-state index is 12.2. The van der Waals surface area contributed by atoms with Crippen LogP contribution in [0.25, 0.3) is 10.1 Å². The second kappa shape index (κ2) is 10.0. The van der Waals surface area contributed by atoms with Gasteiger partial charge in [0.15, 0.2) is 6.61 Å². The molecule has 8 nitrogen and oxygen atoms in total. The maximum Gasteiger partial charge on any atom is 0.325 e. The van der Waals surface area contributed by atoms with Crippen molar-refractivity contribution >= 4 is 56.8 Å². The van der Waals surface area contributed by atoms with Gasteiger partial charge in [-0.15, -0.1) is 11.3 Å². The fourth-order valence-electron chi connectivity index (χ4n) is 2.09. The summed E-state index contributed by atoms with van der Waals surface area (Å²) in [5, 5.41) is 8.01. The molecule has 1 heterocycles. The Hall–Kier alpha value is -2.65. The highest BCUT2D eigenvalue weighted by atomic mass is 35.5. The zero-order chi connectivity index (χ0) is 20.7. The third-order valence-electron chi connectivity index (χ3n) is 3.42. The average molecular weight is 426 g/mol. The molecule has 0 saturated heterocycles. The number of hydrogen-bond acceptors (Lipinski definition) is 6. The maximum absolute atomic E-state index is 12.2. The van der Waals surface area contributed by atoms with Gasteiger partial charge in [-0.1, -0.05) is 43.6 Å². The first-order valence-corrected chi connectivity index (χ1v) is 9.66. The number of halogens is 1. The molecular weight excluding hydrogens is 406 g/mol. The van der Waals surface area contributed by atoms with Crippen LogP contribution in [0.2, 0.25) is 5.02 Å². The van der Waals surface area contributed by atoms with Crippen LogP contribution < -0.4 is 16.0 Å². The van der Waals surface area contributed by atoms with Gasteiger partial charge < -0.3 is 15.4 Å². The SMILES string of the molecule is CC(C)CNC(=O)NC(=O)COC(=O)CNC(=O)c1sc2ccccc2c1Cl. The zero-order valence-corrected chi connectivity index (χ0v) is 16.9. The number of benzene rings is 1. The number of urea groups is 1. The molecule has 0 spiro atoms. The molecule has 0 fully saturated rings. The Labute approximate surface area is 170 Å². The first kappa shape index (κ1) is 21.6. The van der Waals surface area contributed by atoms with Crippen molar-refractivity contribution in [3.05, 3.63) is 34.2 Å². The van der Waals surface area contributed by atoms with Crippen LogP contribution in [0.4, 0.5) is 4.79 Å². The number of thiophene rings is 1. The fourth-order valence-corrected chi connectivity index (χ4v) is 3.53. The van der Waals surface area contributed by atoms with Gasteiger partial charge >= 0.3 is 12.0 Å². The number of carbonyl (C=O) groups excluding carboxylic acids is 4. The van der Waals surface area contributed by atoms with Gasteiger partial charge in [0.25, 0.3) is 11.8 Å². The Balaban J connectivity index is 1.76. The summed E-state index contributed by atoms with van der Waals surface area (Å²) in [7, 11) is 0. The molecule has 0 unspecified atom stereocenters. The van der Waals surface area contributed by atoms with Crippen LogP contribution in [0.5, 0.6) is 0 Å². The molecule has 1 aromatic heterocycles. The van der Waals surface area contributed by atoms with Gasteiger partial charge in [0.05, 0.1) is 5.02 Å². The Morgan fingerprint density at radius 2 is 1.86 bits per heavy atom. The lowest BCUT2D eigenvalue weighted by Crippen LogP contribution is -2.43. The normalized spacial score (nSPS) is 10.6. The number of fused-ring (bicyclic) bond motifs is 1. The lowest BCUT2D eigenvalue weighted by Gasteiger charge is -2.09. The molecule has 10 heteroatoms. The summed E-state index contributed by atoms with van der Waals surface area (Å²) in [5.74, 6) is -1.87. The summed E-state index contributed by atoms with van der Waals surface area (Å²) in [6.45, 7) is 3.16. The van der Waals surface area contributed by atoms with Gasteiger partial charge in [-0.05, 0) is 12.0 Å². The Morgan fingerprint density at radius 1 is 1.14 bits per heavy atom. The van der Waals surface area contributed by atoms with Crippen LogP contribution in [0.1, 0.15) is 23.5 Å². The van der Waals surface area contributed by atoms with Crippen LogP contribution in [0, 0.1) is 5.92 Å². The van der Waals surface area contributed by atoms with E-state index in [-0.39, 0.29) is 10.8 Å². The number of esters is 1. The van der Waals surface area contributed by atoms with Gasteiger partial charge in [-0.2, -0.15) is 0 Å². The third kappa shape index (κ3) is 6.21. The molecule has 150 valence electrons. The smallest absolute Gasteiger partial charge is 0.325 e. The van der Waals surface area contributed by atoms with E-state index >= 15 is 0 Å². The summed E-state index contributed by atoms with van der Waals surface area (Å²) in [6, 6.07) is 6.63. The van der Waals surface area contributed by atoms with Crippen molar-refractivity contribution in [3.63, 3.8) is 0 Å². The van der Waals surface area contributed by atoms with Gasteiger partial charge in [0, 0.05) is 16.6 Å². The molecule has 28 heavy (non-hydrogen) atoms. The van der Waals surface area contributed by atoms with E-state index < -0.39 is 37.0 Å². The molecular formula is C18H20ClN3O5S. The highest BCUT2D eigenvalue weighted by Gasteiger charge is 2.18. The van der Waals surface area contributed by atoms with Crippen LogP contribution in [0.3, 0.4) is 0 Å². The second-order valence-electron chi connectivity index (χ2n) is 6.24. The fraction of sp³-hybridized carbons (Fsp3) is 0.333. The Morgan fingerprint density at radius 3 is 2.54 bits per heavy atom. The van der Waals surface area contributed by atoms with Crippen molar-refractivity contribution in [2.75, 3.05) is 19.7 Å². The first-order valence-electron chi connectivity index (χ1n) is 8.46. The molecule has 3 N–H and O–H groups in total. The van der Waals surface area contributed by atoms with Crippen molar-refractivity contribution in [1.82, 2.24) is 16.0 Å². The number of hydrogen-bond donors (Lipinski definition) is 3. The van der Waals surface area contributed by atoms with E-state index in [0.29, 0.717) is 11.6 Å². The standard InChI is InChI=1S/C18H20ClN3O5S/c1-10(2)7-21-18(26)22-13(23)9-27-14(24)8-20-17(25)16-15(19)11-5-3-4-6-12(11)28-16/h3-6,10H,7-9H2,1-2H3,(H,20,25)(H2,21,22,23,26). The molecule has 0 atom stereocenters. The molecule has 2 aromatic rings. The summed E-state index contributed by atoms with van der Waals surface area (Å²) in [5.41, 5.74) is 0. The van der Waals surface area contributed by atoms with E-state index in [2.05, 4.69) is 10.6 Å². The minimum Gasteiger partial charge on any atom is -0.454 e. The zero-order valence-electron chi connectivity index (χ0n) is 15.3. The lowest BCUT2D eigenvalue weighted by molar-refractivity contribution is -0.147. The number of carbonyl (C=O) groups is 4. The van der Waals surface area contributed by atoms with Crippen LogP contribution in [-0.4, -0.2) is 43.5 Å². The Bertz CT molecular complexity index is 896. The molecule has 0 aliphatic heterocycles. The second-order valence-corrected chi connectivity index (χ2v) is 7.67. The predicted molar refractivity (Wildman–Crippen MR) is 107 cm³/mol. The minimum absolute atomic E-state index is 0.233. The average Bonchev–Trinajstić information content (AvgIpc) is 3.00. The van der Waals surface area contributed by atoms with E-state index in [4.69, 9.17) is 16.3 Å². The van der Waals surface area contributed by atoms with Crippen molar-refractivity contribution in [3.8, 4) is 0 Å². The van der Waals surface area contributed by atoms with Gasteiger partial charge in [0.1, 0.15) is 11.4 Å². The molecule has 0 radical (unpaired) electrons. The third-order valence-corrected chi connectivity index (χ3v) is 5.10. The quantitative estimate of drug-likeness (QED) is 0.589. The largest absolute Gasteiger partial charge is 0.454 e. The summed E-state index contributed by atoms with van der Waals surface area (Å²) >= 11 is 7.42. The summed E-state index contributed by atoms with van der Waals surface area (Å²) in [4.78, 5) is 47.2. The summed E-state index contributed by atoms with van der Waals surface area (Å²) in [6.07, 6.45) is 0. The van der Waals surface area contributed by atoms with E-state index in [1.165, 1.54) is 11.3 Å². The number of imide groups is 1. The van der Waals surface area contributed by atoms with Crippen molar-refractivity contribution in [1.29, 1.82) is 0 Å². The van der Waals surface area contributed by atoms with E-state index in [9.17, 15) is 19.2 Å². The Kier molecular flexibility index (Phi) is 7.77. The highest BCUT2D eigenvalue weighted by Crippen LogP contribution is 2.34. The first-order chi connectivity index (χ1) is 13.3. The van der Waals surface area contributed by atoms with Gasteiger partial charge in [0.2, 0.25) is 0 Å². The van der Waals surface area contributed by atoms with Crippen molar-refractivity contribution < 1.29 is 23.9 Å². The van der Waals surface area contributed by atoms with Gasteiger partial charge in [-0.3, -0.25) is 19.7 Å². The topological polar surface area (TPSA) is 114 Å². The van der Waals surface area contributed by atoms with Gasteiger partial charge in [-0.25, -0.2) is 4.79 Å². The molecule has 0 aliphatic rings. The lowest BCUT2D eigenvalue weighted by atomic mass is 10.2. The molecule has 4 amide bonds. The molecule has 0 aliphatic carbocycles. The van der Waals surface area contributed by atoms with Crippen LogP contribution >= 0.6 is 22.9 Å². The van der Waals surface area contributed by atoms with Crippen molar-refractivity contribution in [2.45, 2.75) is 13.8 Å². The van der Waals surface area contributed by atoms with Crippen LogP contribution in [0.15, 0.2) is 24.3 Å². The molecule has 2 rings (SSSR count). The highest BCUT2D eigenvalue weighted by molar-refractivity contribution is 7.21. The number of nitrogens with one attached hydrogen (secondary N) is 3.